The number of aliphatic hydroxyl groups excluding tert-OH is 1. The maximum Gasteiger partial charge on any atom is 0.343 e. The van der Waals surface area contributed by atoms with Gasteiger partial charge in [0.15, 0.2) is 0 Å². The van der Waals surface area contributed by atoms with Crippen molar-refractivity contribution < 1.29 is 38.4 Å². The summed E-state index contributed by atoms with van der Waals surface area (Å²) in [4.78, 5) is 23.5. The smallest absolute Gasteiger partial charge is 0.343 e. The van der Waals surface area contributed by atoms with Crippen molar-refractivity contribution in [1.29, 1.82) is 0 Å². The van der Waals surface area contributed by atoms with Gasteiger partial charge in [-0.25, -0.2) is 9.59 Å². The Bertz CT molecular complexity index is 1130. The van der Waals surface area contributed by atoms with Crippen LogP contribution in [0.15, 0.2) is 97.5 Å². The quantitative estimate of drug-likeness (QED) is 0.123. The van der Waals surface area contributed by atoms with E-state index in [9.17, 15) is 14.7 Å². The molecule has 0 saturated carbocycles. The summed E-state index contributed by atoms with van der Waals surface area (Å²) in [5, 5.41) is 10.4. The van der Waals surface area contributed by atoms with Crippen LogP contribution in [0.25, 0.3) is 0 Å². The second-order valence-corrected chi connectivity index (χ2v) is 7.89. The third-order valence-corrected chi connectivity index (χ3v) is 5.15. The van der Waals surface area contributed by atoms with Crippen molar-refractivity contribution in [2.45, 2.75) is 25.6 Å². The predicted molar refractivity (Wildman–Crippen MR) is 137 cm³/mol. The van der Waals surface area contributed by atoms with Crippen LogP contribution in [0.5, 0.6) is 11.5 Å². The van der Waals surface area contributed by atoms with Crippen molar-refractivity contribution in [3.8, 4) is 11.5 Å². The molecule has 0 aliphatic heterocycles. The van der Waals surface area contributed by atoms with Crippen LogP contribution in [0.3, 0.4) is 0 Å². The number of aliphatic hydroxyl groups is 1. The van der Waals surface area contributed by atoms with Gasteiger partial charge in [0.2, 0.25) is 6.29 Å². The molecule has 0 amide bonds. The zero-order valence-electron chi connectivity index (χ0n) is 20.5. The third-order valence-electron chi connectivity index (χ3n) is 5.15. The zero-order valence-corrected chi connectivity index (χ0v) is 20.5. The van der Waals surface area contributed by atoms with E-state index in [0.29, 0.717) is 66.6 Å². The lowest BCUT2D eigenvalue weighted by molar-refractivity contribution is -0.137. The number of allylic oxidation sites excluding steroid dienone is 4. The molecule has 3 rings (SSSR count). The molecule has 1 unspecified atom stereocenters. The van der Waals surface area contributed by atoms with E-state index in [0.717, 1.165) is 6.08 Å². The molecule has 0 bridgehead atoms. The van der Waals surface area contributed by atoms with Gasteiger partial charge in [-0.15, -0.1) is 0 Å². The second-order valence-electron chi connectivity index (χ2n) is 7.89. The van der Waals surface area contributed by atoms with Crippen molar-refractivity contribution in [3.63, 3.8) is 0 Å². The summed E-state index contributed by atoms with van der Waals surface area (Å²) in [6.07, 6.45) is 6.45. The highest BCUT2D eigenvalue weighted by molar-refractivity contribution is 5.90. The molecule has 1 aliphatic carbocycles. The number of benzene rings is 2. The Morgan fingerprint density at radius 2 is 1.54 bits per heavy atom. The summed E-state index contributed by atoms with van der Waals surface area (Å²) in [5.41, 5.74) is 0.978. The first-order valence-corrected chi connectivity index (χ1v) is 11.8. The molecule has 1 aliphatic rings. The number of hydrogen-bond donors (Lipinski definition) is 1. The molecule has 194 valence electrons. The normalized spacial score (nSPS) is 13.3. The average molecular weight is 507 g/mol. The van der Waals surface area contributed by atoms with Gasteiger partial charge >= 0.3 is 11.9 Å². The van der Waals surface area contributed by atoms with E-state index in [2.05, 4.69) is 13.2 Å². The van der Waals surface area contributed by atoms with Crippen LogP contribution >= 0.6 is 0 Å². The fourth-order valence-corrected chi connectivity index (χ4v) is 3.22. The van der Waals surface area contributed by atoms with Gasteiger partial charge in [-0.2, -0.15) is 0 Å². The van der Waals surface area contributed by atoms with Gasteiger partial charge in [-0.05, 0) is 60.7 Å². The van der Waals surface area contributed by atoms with Crippen molar-refractivity contribution in [2.75, 3.05) is 19.8 Å². The minimum atomic E-state index is -1.12. The van der Waals surface area contributed by atoms with E-state index >= 15 is 0 Å². The number of rotatable bonds is 14. The lowest BCUT2D eigenvalue weighted by Gasteiger charge is -2.19. The van der Waals surface area contributed by atoms with Gasteiger partial charge in [-0.1, -0.05) is 19.2 Å². The van der Waals surface area contributed by atoms with Crippen LogP contribution in [-0.4, -0.2) is 36.9 Å². The highest BCUT2D eigenvalue weighted by atomic mass is 16.6. The van der Waals surface area contributed by atoms with Crippen LogP contribution < -0.4 is 9.47 Å². The van der Waals surface area contributed by atoms with Crippen molar-refractivity contribution in [3.05, 3.63) is 109 Å². The van der Waals surface area contributed by atoms with Crippen LogP contribution in [-0.2, 0) is 19.0 Å². The highest BCUT2D eigenvalue weighted by Gasteiger charge is 2.17. The zero-order chi connectivity index (χ0) is 26.5. The Morgan fingerprint density at radius 3 is 2.19 bits per heavy atom. The number of carbonyl (C=O) groups excluding carboxylic acids is 2. The second kappa shape index (κ2) is 14.3. The average Bonchev–Trinajstić information content (AvgIpc) is 2.93. The number of hydrogen-bond acceptors (Lipinski definition) is 8. The summed E-state index contributed by atoms with van der Waals surface area (Å²) < 4.78 is 27.0. The summed E-state index contributed by atoms with van der Waals surface area (Å²) in [5.74, 6) is 1.40. The van der Waals surface area contributed by atoms with Crippen molar-refractivity contribution in [1.82, 2.24) is 0 Å². The van der Waals surface area contributed by atoms with Crippen LogP contribution in [0, 0.1) is 0 Å². The molecule has 0 spiro atoms. The lowest BCUT2D eigenvalue weighted by Crippen LogP contribution is -2.09. The van der Waals surface area contributed by atoms with E-state index in [-0.39, 0.29) is 6.61 Å². The topological polar surface area (TPSA) is 101 Å². The third kappa shape index (κ3) is 9.01. The van der Waals surface area contributed by atoms with Crippen LogP contribution in [0.1, 0.15) is 41.5 Å². The minimum absolute atomic E-state index is 0.240. The first kappa shape index (κ1) is 27.3. The largest absolute Gasteiger partial charge is 0.493 e. The highest BCUT2D eigenvalue weighted by Crippen LogP contribution is 2.27. The lowest BCUT2D eigenvalue weighted by atomic mass is 10.1. The molecule has 0 radical (unpaired) electrons. The Morgan fingerprint density at radius 1 is 0.892 bits per heavy atom. The van der Waals surface area contributed by atoms with Crippen molar-refractivity contribution >= 4 is 11.9 Å². The van der Waals surface area contributed by atoms with Crippen LogP contribution in [0.4, 0.5) is 0 Å². The van der Waals surface area contributed by atoms with E-state index in [1.165, 1.54) is 0 Å². The monoisotopic (exact) mass is 506 g/mol. The Labute approximate surface area is 216 Å². The summed E-state index contributed by atoms with van der Waals surface area (Å²) in [6.45, 7) is 7.94. The fraction of sp³-hybridized carbons (Fsp3) is 0.241. The molecule has 2 aromatic carbocycles. The molecule has 1 atom stereocenters. The molecular weight excluding hydrogens is 476 g/mol. The van der Waals surface area contributed by atoms with Gasteiger partial charge in [-0.3, -0.25) is 0 Å². The van der Waals surface area contributed by atoms with Gasteiger partial charge in [0.1, 0.15) is 29.6 Å². The van der Waals surface area contributed by atoms with Crippen molar-refractivity contribution in [2.24, 2.45) is 0 Å². The molecule has 0 aromatic heterocycles. The first-order chi connectivity index (χ1) is 18.0. The Kier molecular flexibility index (Phi) is 10.6. The van der Waals surface area contributed by atoms with Gasteiger partial charge in [0.25, 0.3) is 0 Å². The Hall–Kier alpha value is -4.30. The molecule has 8 nitrogen and oxygen atoms in total. The number of carbonyl (C=O) groups is 2. The Balaban J connectivity index is 1.44. The fourth-order valence-electron chi connectivity index (χ4n) is 3.22. The van der Waals surface area contributed by atoms with E-state index < -0.39 is 18.2 Å². The molecule has 0 fully saturated rings. The standard InChI is InChI=1S/C29H30O8/c1-3-18-33-23-10-6-21(7-11-23)28(31)36-25-14-16-26(17-15-25)37-29(32)22-8-12-24(13-9-22)34-19-5-20-35-27(30)4-2/h3-4,6-14,16,28,31H,1-2,5,15,17-20H2. The molecule has 2 aromatic rings. The number of esters is 2. The molecular formula is C29H30O8. The summed E-state index contributed by atoms with van der Waals surface area (Å²) >= 11 is 0. The molecule has 0 saturated heterocycles. The van der Waals surface area contributed by atoms with E-state index in [1.807, 2.05) is 0 Å². The number of ether oxygens (including phenoxy) is 5. The van der Waals surface area contributed by atoms with Gasteiger partial charge in [0.05, 0.1) is 18.8 Å². The predicted octanol–water partition coefficient (Wildman–Crippen LogP) is 5.18. The minimum Gasteiger partial charge on any atom is -0.493 e. The summed E-state index contributed by atoms with van der Waals surface area (Å²) in [6, 6.07) is 13.5. The molecule has 1 N–H and O–H groups in total. The molecule has 8 heteroatoms. The van der Waals surface area contributed by atoms with Gasteiger partial charge < -0.3 is 28.8 Å². The van der Waals surface area contributed by atoms with E-state index in [4.69, 9.17) is 23.7 Å². The SMILES string of the molecule is C=CCOc1ccc(C(O)OC2=CC=C(OC(=O)c3ccc(OCCCOC(=O)C=C)cc3)CC2)cc1. The molecule has 37 heavy (non-hydrogen) atoms. The summed E-state index contributed by atoms with van der Waals surface area (Å²) in [7, 11) is 0. The first-order valence-electron chi connectivity index (χ1n) is 11.8. The van der Waals surface area contributed by atoms with Gasteiger partial charge in [0, 0.05) is 30.9 Å². The van der Waals surface area contributed by atoms with E-state index in [1.54, 1.807) is 66.8 Å². The van der Waals surface area contributed by atoms with Crippen LogP contribution in [0.2, 0.25) is 0 Å². The maximum absolute atomic E-state index is 12.5. The molecule has 0 heterocycles. The maximum atomic E-state index is 12.5.